The van der Waals surface area contributed by atoms with Crippen molar-refractivity contribution in [2.24, 2.45) is 7.05 Å². The zero-order valence-electron chi connectivity index (χ0n) is 12.6. The zero-order valence-corrected chi connectivity index (χ0v) is 12.6. The van der Waals surface area contributed by atoms with Crippen molar-refractivity contribution in [2.75, 3.05) is 6.54 Å². The van der Waals surface area contributed by atoms with Crippen LogP contribution in [0.15, 0.2) is 24.3 Å². The van der Waals surface area contributed by atoms with Gasteiger partial charge in [-0.2, -0.15) is 5.10 Å². The fourth-order valence-corrected chi connectivity index (χ4v) is 2.13. The monoisotopic (exact) mass is 289 g/mol. The molecule has 21 heavy (non-hydrogen) atoms. The normalized spacial score (nSPS) is 10.7. The average Bonchev–Trinajstić information content (AvgIpc) is 2.84. The predicted octanol–water partition coefficient (Wildman–Crippen LogP) is 3.06. The summed E-state index contributed by atoms with van der Waals surface area (Å²) in [6, 6.07) is 6.52. The molecule has 0 atom stereocenters. The van der Waals surface area contributed by atoms with Crippen LogP contribution in [-0.2, 0) is 7.05 Å². The number of carbonyl (C=O) groups is 1. The molecule has 0 aliphatic rings. The van der Waals surface area contributed by atoms with Gasteiger partial charge >= 0.3 is 0 Å². The van der Waals surface area contributed by atoms with E-state index in [2.05, 4.69) is 17.3 Å². The molecule has 2 aromatic rings. The molecule has 0 saturated carbocycles. The van der Waals surface area contributed by atoms with E-state index in [4.69, 9.17) is 0 Å². The fourth-order valence-electron chi connectivity index (χ4n) is 2.13. The second-order valence-corrected chi connectivity index (χ2v) is 5.13. The first kappa shape index (κ1) is 15.2. The molecule has 1 amide bonds. The van der Waals surface area contributed by atoms with Gasteiger partial charge in [0.25, 0.3) is 5.91 Å². The number of halogens is 1. The van der Waals surface area contributed by atoms with Crippen molar-refractivity contribution < 1.29 is 9.18 Å². The Kier molecular flexibility index (Phi) is 4.73. The summed E-state index contributed by atoms with van der Waals surface area (Å²) in [6.45, 7) is 4.59. The van der Waals surface area contributed by atoms with E-state index in [0.717, 1.165) is 18.4 Å². The topological polar surface area (TPSA) is 46.9 Å². The minimum Gasteiger partial charge on any atom is -0.351 e. The van der Waals surface area contributed by atoms with Crippen molar-refractivity contribution >= 4 is 5.91 Å². The van der Waals surface area contributed by atoms with Gasteiger partial charge in [0.15, 0.2) is 5.69 Å². The third kappa shape index (κ3) is 3.48. The molecule has 1 aromatic heterocycles. The fraction of sp³-hybridized carbons (Fsp3) is 0.375. The Hall–Kier alpha value is -2.17. The van der Waals surface area contributed by atoms with E-state index in [1.165, 1.54) is 10.7 Å². The lowest BCUT2D eigenvalue weighted by atomic mass is 10.1. The molecule has 0 aliphatic carbocycles. The Labute approximate surface area is 124 Å². The predicted molar refractivity (Wildman–Crippen MR) is 80.6 cm³/mol. The molecule has 0 fully saturated rings. The van der Waals surface area contributed by atoms with Crippen molar-refractivity contribution in [1.29, 1.82) is 0 Å². The maximum absolute atomic E-state index is 14.0. The summed E-state index contributed by atoms with van der Waals surface area (Å²) in [5.74, 6) is -0.542. The van der Waals surface area contributed by atoms with E-state index in [1.54, 1.807) is 25.2 Å². The highest BCUT2D eigenvalue weighted by atomic mass is 19.1. The van der Waals surface area contributed by atoms with Crippen molar-refractivity contribution in [3.05, 3.63) is 41.3 Å². The summed E-state index contributed by atoms with van der Waals surface area (Å²) in [4.78, 5) is 12.0. The quantitative estimate of drug-likeness (QED) is 0.860. The van der Waals surface area contributed by atoms with Crippen LogP contribution in [0.3, 0.4) is 0 Å². The number of benzene rings is 1. The van der Waals surface area contributed by atoms with Crippen LogP contribution in [0.1, 0.15) is 35.8 Å². The number of rotatable bonds is 5. The van der Waals surface area contributed by atoms with Crippen LogP contribution >= 0.6 is 0 Å². The van der Waals surface area contributed by atoms with Gasteiger partial charge in [-0.15, -0.1) is 0 Å². The second-order valence-electron chi connectivity index (χ2n) is 5.13. The first-order chi connectivity index (χ1) is 10.0. The smallest absolute Gasteiger partial charge is 0.271 e. The highest BCUT2D eigenvalue weighted by molar-refractivity contribution is 5.93. The van der Waals surface area contributed by atoms with Gasteiger partial charge in [0, 0.05) is 19.2 Å². The first-order valence-corrected chi connectivity index (χ1v) is 7.11. The molecule has 1 N–H and O–H groups in total. The molecule has 0 unspecified atom stereocenters. The molecule has 4 nitrogen and oxygen atoms in total. The van der Waals surface area contributed by atoms with E-state index < -0.39 is 0 Å². The van der Waals surface area contributed by atoms with Gasteiger partial charge in [0.2, 0.25) is 0 Å². The molecule has 0 bridgehead atoms. The van der Waals surface area contributed by atoms with Crippen molar-refractivity contribution in [1.82, 2.24) is 15.1 Å². The number of nitrogens with one attached hydrogen (secondary N) is 1. The number of hydrogen-bond acceptors (Lipinski definition) is 2. The molecule has 5 heteroatoms. The third-order valence-electron chi connectivity index (χ3n) is 3.33. The molecule has 112 valence electrons. The SMILES string of the molecule is CCCCNC(=O)c1cc(-c2cc(C)ccc2F)n(C)n1. The lowest BCUT2D eigenvalue weighted by Crippen LogP contribution is -2.24. The number of nitrogens with zero attached hydrogens (tertiary/aromatic N) is 2. The van der Waals surface area contributed by atoms with E-state index in [-0.39, 0.29) is 11.7 Å². The molecule has 0 saturated heterocycles. The van der Waals surface area contributed by atoms with Crippen LogP contribution in [0.4, 0.5) is 4.39 Å². The number of aryl methyl sites for hydroxylation is 2. The van der Waals surface area contributed by atoms with E-state index >= 15 is 0 Å². The summed E-state index contributed by atoms with van der Waals surface area (Å²) in [7, 11) is 1.71. The van der Waals surface area contributed by atoms with E-state index in [1.807, 2.05) is 6.92 Å². The summed E-state index contributed by atoms with van der Waals surface area (Å²) in [5, 5.41) is 6.98. The van der Waals surface area contributed by atoms with Crippen LogP contribution in [0.25, 0.3) is 11.3 Å². The zero-order chi connectivity index (χ0) is 15.4. The highest BCUT2D eigenvalue weighted by Gasteiger charge is 2.16. The Morgan fingerprint density at radius 3 is 2.86 bits per heavy atom. The van der Waals surface area contributed by atoms with Gasteiger partial charge in [-0.3, -0.25) is 9.48 Å². The van der Waals surface area contributed by atoms with Crippen LogP contribution in [0, 0.1) is 12.7 Å². The minimum absolute atomic E-state index is 0.224. The number of amides is 1. The molecular formula is C16H20FN3O. The Bertz CT molecular complexity index is 649. The second kappa shape index (κ2) is 6.52. The summed E-state index contributed by atoms with van der Waals surface area (Å²) in [6.07, 6.45) is 1.94. The summed E-state index contributed by atoms with van der Waals surface area (Å²) < 4.78 is 15.5. The molecule has 1 aromatic carbocycles. The number of hydrogen-bond donors (Lipinski definition) is 1. The van der Waals surface area contributed by atoms with Gasteiger partial charge in [-0.1, -0.05) is 25.0 Å². The lowest BCUT2D eigenvalue weighted by Gasteiger charge is -2.04. The lowest BCUT2D eigenvalue weighted by molar-refractivity contribution is 0.0947. The number of aromatic nitrogens is 2. The first-order valence-electron chi connectivity index (χ1n) is 7.11. The van der Waals surface area contributed by atoms with E-state index in [0.29, 0.717) is 23.5 Å². The van der Waals surface area contributed by atoms with Crippen LogP contribution in [0.5, 0.6) is 0 Å². The average molecular weight is 289 g/mol. The maximum Gasteiger partial charge on any atom is 0.271 e. The van der Waals surface area contributed by atoms with Gasteiger partial charge in [0.1, 0.15) is 5.82 Å². The Morgan fingerprint density at radius 2 is 2.14 bits per heavy atom. The summed E-state index contributed by atoms with van der Waals surface area (Å²) >= 11 is 0. The molecule has 2 rings (SSSR count). The standard InChI is InChI=1S/C16H20FN3O/c1-4-5-8-18-16(21)14-10-15(20(3)19-14)12-9-11(2)6-7-13(12)17/h6-7,9-10H,4-5,8H2,1-3H3,(H,18,21). The molecule has 0 radical (unpaired) electrons. The number of carbonyl (C=O) groups excluding carboxylic acids is 1. The third-order valence-corrected chi connectivity index (χ3v) is 3.33. The minimum atomic E-state index is -0.318. The van der Waals surface area contributed by atoms with Crippen LogP contribution in [0.2, 0.25) is 0 Å². The van der Waals surface area contributed by atoms with Gasteiger partial charge < -0.3 is 5.32 Å². The van der Waals surface area contributed by atoms with Gasteiger partial charge in [-0.05, 0) is 31.5 Å². The van der Waals surface area contributed by atoms with Gasteiger partial charge in [-0.25, -0.2) is 4.39 Å². The Morgan fingerprint density at radius 1 is 1.38 bits per heavy atom. The van der Waals surface area contributed by atoms with E-state index in [9.17, 15) is 9.18 Å². The van der Waals surface area contributed by atoms with Crippen LogP contribution in [-0.4, -0.2) is 22.2 Å². The molecule has 0 aliphatic heterocycles. The molecular weight excluding hydrogens is 269 g/mol. The highest BCUT2D eigenvalue weighted by Crippen LogP contribution is 2.24. The maximum atomic E-state index is 14.0. The van der Waals surface area contributed by atoms with Crippen LogP contribution < -0.4 is 5.32 Å². The number of unbranched alkanes of at least 4 members (excludes halogenated alkanes) is 1. The largest absolute Gasteiger partial charge is 0.351 e. The summed E-state index contributed by atoms with van der Waals surface area (Å²) in [5.41, 5.74) is 2.32. The molecule has 1 heterocycles. The van der Waals surface area contributed by atoms with Gasteiger partial charge in [0.05, 0.1) is 5.69 Å². The van der Waals surface area contributed by atoms with Crippen molar-refractivity contribution in [2.45, 2.75) is 26.7 Å². The molecule has 0 spiro atoms. The Balaban J connectivity index is 2.27. The van der Waals surface area contributed by atoms with Crippen molar-refractivity contribution in [3.8, 4) is 11.3 Å². The van der Waals surface area contributed by atoms with Crippen molar-refractivity contribution in [3.63, 3.8) is 0 Å².